The van der Waals surface area contributed by atoms with E-state index in [2.05, 4.69) is 20.8 Å². The summed E-state index contributed by atoms with van der Waals surface area (Å²) in [5.74, 6) is 0.771. The van der Waals surface area contributed by atoms with Crippen molar-refractivity contribution in [1.82, 2.24) is 4.57 Å². The minimum absolute atomic E-state index is 0.108. The molecule has 0 aliphatic carbocycles. The third-order valence-electron chi connectivity index (χ3n) is 4.17. The number of primary amides is 1. The number of carbonyl (C=O) groups is 1. The lowest BCUT2D eigenvalue weighted by Gasteiger charge is -2.20. The highest BCUT2D eigenvalue weighted by Gasteiger charge is 2.18. The molecule has 0 fully saturated rings. The Morgan fingerprint density at radius 1 is 1.22 bits per heavy atom. The van der Waals surface area contributed by atoms with E-state index in [1.54, 1.807) is 22.8 Å². The van der Waals surface area contributed by atoms with Gasteiger partial charge in [-0.2, -0.15) is 0 Å². The first-order chi connectivity index (χ1) is 12.9. The second-order valence-corrected chi connectivity index (χ2v) is 6.95. The van der Waals surface area contributed by atoms with Gasteiger partial charge in [-0.15, -0.1) is 0 Å². The molecule has 1 aromatic heterocycles. The zero-order valence-electron chi connectivity index (χ0n) is 16.3. The number of carbonyl (C=O) groups excluding carboxylic acids is 1. The molecule has 0 aliphatic rings. The van der Waals surface area contributed by atoms with Crippen LogP contribution in [0.1, 0.15) is 39.3 Å². The van der Waals surface area contributed by atoms with Crippen molar-refractivity contribution in [2.24, 2.45) is 17.4 Å². The van der Waals surface area contributed by atoms with E-state index < -0.39 is 5.91 Å². The number of unbranched alkanes of at least 4 members (excludes halogenated alkanes) is 1. The van der Waals surface area contributed by atoms with Crippen molar-refractivity contribution in [3.05, 3.63) is 34.2 Å². The maximum Gasteiger partial charge on any atom is 0.258 e. The van der Waals surface area contributed by atoms with Crippen LogP contribution in [0.4, 0.5) is 0 Å². The number of benzene rings is 1. The first-order valence-corrected chi connectivity index (χ1v) is 9.32. The van der Waals surface area contributed by atoms with Crippen molar-refractivity contribution in [3.63, 3.8) is 0 Å². The van der Waals surface area contributed by atoms with Crippen molar-refractivity contribution in [2.75, 3.05) is 13.2 Å². The number of hydrogen-bond donors (Lipinski definition) is 2. The first-order valence-electron chi connectivity index (χ1n) is 9.32. The predicted octanol–water partition coefficient (Wildman–Crippen LogP) is 2.16. The number of aromatic nitrogens is 1. The lowest BCUT2D eigenvalue weighted by Crippen LogP contribution is -2.28. The Kier molecular flexibility index (Phi) is 7.24. The highest BCUT2D eigenvalue weighted by atomic mass is 16.5. The van der Waals surface area contributed by atoms with Gasteiger partial charge in [0, 0.05) is 18.5 Å². The van der Waals surface area contributed by atoms with Crippen molar-refractivity contribution in [3.8, 4) is 11.5 Å². The smallest absolute Gasteiger partial charge is 0.258 e. The Morgan fingerprint density at radius 3 is 2.56 bits per heavy atom. The second-order valence-electron chi connectivity index (χ2n) is 6.95. The number of nitrogens with two attached hydrogens (primary N) is 2. The van der Waals surface area contributed by atoms with E-state index in [4.69, 9.17) is 20.9 Å². The lowest BCUT2D eigenvalue weighted by molar-refractivity contribution is -0.119. The molecule has 1 heterocycles. The van der Waals surface area contributed by atoms with Crippen LogP contribution in [-0.2, 0) is 17.9 Å². The number of nitrogens with zero attached hydrogens (tertiary/aromatic N) is 1. The zero-order valence-corrected chi connectivity index (χ0v) is 16.3. The topological polar surface area (TPSA) is 110 Å². The minimum Gasteiger partial charge on any atom is -0.491 e. The molecule has 0 radical (unpaired) electrons. The molecular weight excluding hydrogens is 346 g/mol. The van der Waals surface area contributed by atoms with Crippen LogP contribution in [0.25, 0.3) is 10.8 Å². The maximum absolute atomic E-state index is 13.0. The van der Waals surface area contributed by atoms with Gasteiger partial charge in [-0.05, 0) is 30.5 Å². The number of ether oxygens (including phenoxy) is 2. The molecule has 27 heavy (non-hydrogen) atoms. The number of hydrogen-bond acceptors (Lipinski definition) is 5. The Bertz CT molecular complexity index is 858. The average molecular weight is 375 g/mol. The van der Waals surface area contributed by atoms with E-state index in [1.807, 2.05) is 0 Å². The van der Waals surface area contributed by atoms with Crippen molar-refractivity contribution >= 4 is 16.7 Å². The van der Waals surface area contributed by atoms with Gasteiger partial charge in [0.05, 0.1) is 17.7 Å². The SMILES string of the molecule is CCCCOc1c(CN)n(CC(C)C)c(=O)c2ccc(OCC(N)=O)cc12. The van der Waals surface area contributed by atoms with E-state index in [1.165, 1.54) is 0 Å². The second kappa shape index (κ2) is 9.41. The van der Waals surface area contributed by atoms with Crippen LogP contribution in [0.3, 0.4) is 0 Å². The fraction of sp³-hybridized carbons (Fsp3) is 0.500. The molecule has 148 valence electrons. The maximum atomic E-state index is 13.0. The van der Waals surface area contributed by atoms with Gasteiger partial charge in [0.1, 0.15) is 11.5 Å². The van der Waals surface area contributed by atoms with Crippen LogP contribution in [0.15, 0.2) is 23.0 Å². The van der Waals surface area contributed by atoms with E-state index >= 15 is 0 Å². The summed E-state index contributed by atoms with van der Waals surface area (Å²) in [4.78, 5) is 24.0. The third kappa shape index (κ3) is 5.01. The van der Waals surface area contributed by atoms with Gasteiger partial charge in [-0.1, -0.05) is 27.2 Å². The monoisotopic (exact) mass is 375 g/mol. The summed E-state index contributed by atoms with van der Waals surface area (Å²) in [6, 6.07) is 5.06. The summed E-state index contributed by atoms with van der Waals surface area (Å²) in [5.41, 5.74) is 11.7. The molecule has 0 saturated carbocycles. The van der Waals surface area contributed by atoms with Crippen LogP contribution in [0.5, 0.6) is 11.5 Å². The van der Waals surface area contributed by atoms with Gasteiger partial charge < -0.3 is 25.5 Å². The van der Waals surface area contributed by atoms with Gasteiger partial charge in [0.2, 0.25) is 0 Å². The minimum atomic E-state index is -0.565. The molecule has 4 N–H and O–H groups in total. The molecule has 2 rings (SSSR count). The molecule has 1 amide bonds. The van der Waals surface area contributed by atoms with E-state index in [9.17, 15) is 9.59 Å². The van der Waals surface area contributed by atoms with Crippen LogP contribution < -0.4 is 26.5 Å². The summed E-state index contributed by atoms with van der Waals surface area (Å²) in [7, 11) is 0. The summed E-state index contributed by atoms with van der Waals surface area (Å²) < 4.78 is 13.2. The Morgan fingerprint density at radius 2 is 1.96 bits per heavy atom. The normalized spacial score (nSPS) is 11.1. The predicted molar refractivity (Wildman–Crippen MR) is 106 cm³/mol. The van der Waals surface area contributed by atoms with Gasteiger partial charge in [-0.3, -0.25) is 9.59 Å². The van der Waals surface area contributed by atoms with Gasteiger partial charge >= 0.3 is 0 Å². The number of rotatable bonds is 10. The van der Waals surface area contributed by atoms with E-state index in [-0.39, 0.29) is 24.6 Å². The molecule has 0 atom stereocenters. The molecular formula is C20H29N3O4. The number of pyridine rings is 1. The molecule has 0 aliphatic heterocycles. The molecule has 0 unspecified atom stereocenters. The van der Waals surface area contributed by atoms with Crippen molar-refractivity contribution in [1.29, 1.82) is 0 Å². The van der Waals surface area contributed by atoms with Gasteiger partial charge in [0.15, 0.2) is 6.61 Å². The lowest BCUT2D eigenvalue weighted by atomic mass is 10.1. The molecule has 0 saturated heterocycles. The van der Waals surface area contributed by atoms with Crippen LogP contribution >= 0.6 is 0 Å². The summed E-state index contributed by atoms with van der Waals surface area (Å²) in [6.07, 6.45) is 1.89. The number of fused-ring (bicyclic) bond motifs is 1. The molecule has 0 bridgehead atoms. The summed E-state index contributed by atoms with van der Waals surface area (Å²) in [6.45, 7) is 7.24. The van der Waals surface area contributed by atoms with Crippen LogP contribution in [-0.4, -0.2) is 23.7 Å². The van der Waals surface area contributed by atoms with E-state index in [0.717, 1.165) is 12.8 Å². The summed E-state index contributed by atoms with van der Waals surface area (Å²) >= 11 is 0. The Hall–Kier alpha value is -2.54. The standard InChI is InChI=1S/C20H29N3O4/c1-4-5-8-26-19-16-9-14(27-12-18(22)24)6-7-15(16)20(25)23(11-13(2)3)17(19)10-21/h6-7,9,13H,4-5,8,10-12,21H2,1-3H3,(H2,22,24). The van der Waals surface area contributed by atoms with Gasteiger partial charge in [0.25, 0.3) is 11.5 Å². The molecule has 2 aromatic rings. The molecule has 7 heteroatoms. The van der Waals surface area contributed by atoms with Crippen LogP contribution in [0.2, 0.25) is 0 Å². The average Bonchev–Trinajstić information content (AvgIpc) is 2.63. The fourth-order valence-corrected chi connectivity index (χ4v) is 2.93. The molecule has 7 nitrogen and oxygen atoms in total. The molecule has 1 aromatic carbocycles. The first kappa shape index (κ1) is 20.8. The van der Waals surface area contributed by atoms with Crippen LogP contribution in [0, 0.1) is 5.92 Å². The molecule has 0 spiro atoms. The highest BCUT2D eigenvalue weighted by molar-refractivity contribution is 5.89. The fourth-order valence-electron chi connectivity index (χ4n) is 2.93. The summed E-state index contributed by atoms with van der Waals surface area (Å²) in [5, 5.41) is 1.17. The van der Waals surface area contributed by atoms with Crippen molar-refractivity contribution in [2.45, 2.75) is 46.7 Å². The third-order valence-corrected chi connectivity index (χ3v) is 4.17. The van der Waals surface area contributed by atoms with E-state index in [0.29, 0.717) is 41.1 Å². The highest BCUT2D eigenvalue weighted by Crippen LogP contribution is 2.31. The van der Waals surface area contributed by atoms with Gasteiger partial charge in [-0.25, -0.2) is 0 Å². The quantitative estimate of drug-likeness (QED) is 0.619. The van der Waals surface area contributed by atoms with Crippen molar-refractivity contribution < 1.29 is 14.3 Å². The number of amides is 1. The zero-order chi connectivity index (χ0) is 20.0. The Balaban J connectivity index is 2.65. The largest absolute Gasteiger partial charge is 0.491 e. The Labute approximate surface area is 159 Å².